The summed E-state index contributed by atoms with van der Waals surface area (Å²) in [5.74, 6) is 1.80. The number of carbonyl (C=O) groups is 1. The lowest BCUT2D eigenvalue weighted by Gasteiger charge is -2.35. The number of carbonyl (C=O) groups excluding carboxylic acids is 1. The molecule has 0 fully saturated rings. The quantitative estimate of drug-likeness (QED) is 0.787. The molecule has 4 rings (SSSR count). The van der Waals surface area contributed by atoms with Gasteiger partial charge in [0, 0.05) is 31.0 Å². The van der Waals surface area contributed by atoms with Gasteiger partial charge in [0.1, 0.15) is 11.6 Å². The van der Waals surface area contributed by atoms with E-state index in [4.69, 9.17) is 14.2 Å². The number of hydrogen-bond acceptors (Lipinski definition) is 5. The van der Waals surface area contributed by atoms with Crippen molar-refractivity contribution in [2.45, 2.75) is 32.2 Å². The fourth-order valence-corrected chi connectivity index (χ4v) is 4.14. The molecule has 1 unspecified atom stereocenters. The lowest BCUT2D eigenvalue weighted by atomic mass is 9.87. The SMILES string of the molecule is COc1c2c(cc3c1C(CC(=O)Cc1ccc(F)cc1C)N(C)CC3)OCO2. The zero-order valence-electron chi connectivity index (χ0n) is 16.4. The minimum atomic E-state index is -0.282. The minimum absolute atomic E-state index is 0.0959. The number of nitrogens with zero attached hydrogens (tertiary/aromatic N) is 1. The van der Waals surface area contributed by atoms with Gasteiger partial charge in [-0.25, -0.2) is 4.39 Å². The van der Waals surface area contributed by atoms with Crippen LogP contribution in [0.4, 0.5) is 4.39 Å². The summed E-state index contributed by atoms with van der Waals surface area (Å²) in [6, 6.07) is 6.48. The van der Waals surface area contributed by atoms with Crippen molar-refractivity contribution in [3.05, 3.63) is 52.3 Å². The van der Waals surface area contributed by atoms with Gasteiger partial charge in [-0.1, -0.05) is 6.07 Å². The van der Waals surface area contributed by atoms with Crippen molar-refractivity contribution >= 4 is 5.78 Å². The standard InChI is InChI=1S/C22H24FNO4/c1-13-8-16(23)5-4-14(13)9-17(25)11-18-20-15(6-7-24(18)2)10-19-21(22(20)26-3)28-12-27-19/h4-5,8,10,18H,6-7,9,11-12H2,1-3H3. The molecule has 28 heavy (non-hydrogen) atoms. The average molecular weight is 385 g/mol. The molecule has 0 aliphatic carbocycles. The van der Waals surface area contributed by atoms with E-state index < -0.39 is 0 Å². The van der Waals surface area contributed by atoms with E-state index in [9.17, 15) is 9.18 Å². The van der Waals surface area contributed by atoms with E-state index in [-0.39, 0.29) is 24.4 Å². The Morgan fingerprint density at radius 3 is 2.89 bits per heavy atom. The number of ketones is 1. The number of rotatable bonds is 5. The van der Waals surface area contributed by atoms with E-state index in [0.717, 1.165) is 35.2 Å². The number of benzene rings is 2. The molecular weight excluding hydrogens is 361 g/mol. The second-order valence-corrected chi connectivity index (χ2v) is 7.45. The van der Waals surface area contributed by atoms with Crippen molar-refractivity contribution in [2.75, 3.05) is 27.5 Å². The lowest BCUT2D eigenvalue weighted by molar-refractivity contribution is -0.119. The molecule has 0 bridgehead atoms. The maximum absolute atomic E-state index is 13.3. The highest BCUT2D eigenvalue weighted by atomic mass is 19.1. The summed E-state index contributed by atoms with van der Waals surface area (Å²) in [5, 5.41) is 0. The van der Waals surface area contributed by atoms with Crippen LogP contribution in [0.1, 0.15) is 34.7 Å². The molecule has 2 aliphatic rings. The summed E-state index contributed by atoms with van der Waals surface area (Å²) in [6.07, 6.45) is 1.51. The molecule has 2 heterocycles. The van der Waals surface area contributed by atoms with Crippen LogP contribution in [0.15, 0.2) is 24.3 Å². The summed E-state index contributed by atoms with van der Waals surface area (Å²) >= 11 is 0. The molecule has 148 valence electrons. The van der Waals surface area contributed by atoms with Crippen LogP contribution in [0, 0.1) is 12.7 Å². The number of Topliss-reactive ketones (excluding diaryl/α,β-unsaturated/α-hetero) is 1. The Balaban J connectivity index is 1.63. The highest BCUT2D eigenvalue weighted by molar-refractivity contribution is 5.82. The van der Waals surface area contributed by atoms with Crippen molar-refractivity contribution in [1.29, 1.82) is 0 Å². The third-order valence-corrected chi connectivity index (χ3v) is 5.66. The van der Waals surface area contributed by atoms with E-state index in [1.807, 2.05) is 20.0 Å². The van der Waals surface area contributed by atoms with Gasteiger partial charge in [-0.3, -0.25) is 9.69 Å². The molecular formula is C22H24FNO4. The largest absolute Gasteiger partial charge is 0.492 e. The second kappa shape index (κ2) is 7.43. The van der Waals surface area contributed by atoms with Gasteiger partial charge in [-0.05, 0) is 55.3 Å². The normalized spacial score (nSPS) is 18.1. The molecule has 2 aromatic carbocycles. The molecule has 0 saturated carbocycles. The monoisotopic (exact) mass is 385 g/mol. The first-order valence-corrected chi connectivity index (χ1v) is 9.44. The zero-order chi connectivity index (χ0) is 19.8. The Hall–Kier alpha value is -2.60. The van der Waals surface area contributed by atoms with E-state index >= 15 is 0 Å². The zero-order valence-corrected chi connectivity index (χ0v) is 16.4. The predicted molar refractivity (Wildman–Crippen MR) is 103 cm³/mol. The smallest absolute Gasteiger partial charge is 0.231 e. The fourth-order valence-electron chi connectivity index (χ4n) is 4.14. The number of ether oxygens (including phenoxy) is 3. The van der Waals surface area contributed by atoms with Crippen LogP contribution in [-0.2, 0) is 17.6 Å². The van der Waals surface area contributed by atoms with Crippen molar-refractivity contribution < 1.29 is 23.4 Å². The molecule has 0 amide bonds. The van der Waals surface area contributed by atoms with Crippen LogP contribution in [0.5, 0.6) is 17.2 Å². The van der Waals surface area contributed by atoms with Crippen molar-refractivity contribution in [3.63, 3.8) is 0 Å². The fraction of sp³-hybridized carbons (Fsp3) is 0.409. The van der Waals surface area contributed by atoms with Gasteiger partial charge in [-0.2, -0.15) is 0 Å². The summed E-state index contributed by atoms with van der Waals surface area (Å²) < 4.78 is 30.2. The number of methoxy groups -OCH3 is 1. The maximum atomic E-state index is 13.3. The third-order valence-electron chi connectivity index (χ3n) is 5.66. The summed E-state index contributed by atoms with van der Waals surface area (Å²) in [7, 11) is 3.64. The number of fused-ring (bicyclic) bond motifs is 2. The second-order valence-electron chi connectivity index (χ2n) is 7.45. The Morgan fingerprint density at radius 2 is 2.14 bits per heavy atom. The molecule has 0 aromatic heterocycles. The molecule has 6 heteroatoms. The van der Waals surface area contributed by atoms with Crippen LogP contribution in [-0.4, -0.2) is 38.2 Å². The predicted octanol–water partition coefficient (Wildman–Crippen LogP) is 3.60. The number of likely N-dealkylation sites (N-methyl/N-ethyl adjacent to an activating group) is 1. The highest BCUT2D eigenvalue weighted by Crippen LogP contribution is 2.50. The highest BCUT2D eigenvalue weighted by Gasteiger charge is 2.34. The summed E-state index contributed by atoms with van der Waals surface area (Å²) in [4.78, 5) is 15.1. The van der Waals surface area contributed by atoms with Gasteiger partial charge >= 0.3 is 0 Å². The van der Waals surface area contributed by atoms with Crippen LogP contribution in [0.25, 0.3) is 0 Å². The van der Waals surface area contributed by atoms with Gasteiger partial charge in [0.25, 0.3) is 0 Å². The lowest BCUT2D eigenvalue weighted by Crippen LogP contribution is -2.34. The van der Waals surface area contributed by atoms with Crippen LogP contribution >= 0.6 is 0 Å². The Kier molecular flexibility index (Phi) is 4.98. The van der Waals surface area contributed by atoms with Gasteiger partial charge in [-0.15, -0.1) is 0 Å². The molecule has 2 aliphatic heterocycles. The first-order valence-electron chi connectivity index (χ1n) is 9.44. The number of halogens is 1. The Labute approximate surface area is 164 Å². The van der Waals surface area contributed by atoms with E-state index in [1.54, 1.807) is 13.2 Å². The molecule has 0 spiro atoms. The third kappa shape index (κ3) is 3.33. The van der Waals surface area contributed by atoms with E-state index in [1.165, 1.54) is 12.1 Å². The first kappa shape index (κ1) is 18.7. The van der Waals surface area contributed by atoms with Crippen LogP contribution in [0.3, 0.4) is 0 Å². The minimum Gasteiger partial charge on any atom is -0.492 e. The first-order chi connectivity index (χ1) is 13.5. The van der Waals surface area contributed by atoms with Gasteiger partial charge in [0.2, 0.25) is 12.5 Å². The molecule has 5 nitrogen and oxygen atoms in total. The van der Waals surface area contributed by atoms with Crippen LogP contribution < -0.4 is 14.2 Å². The number of hydrogen-bond donors (Lipinski definition) is 0. The molecule has 0 saturated heterocycles. The topological polar surface area (TPSA) is 48.0 Å². The van der Waals surface area contributed by atoms with Crippen molar-refractivity contribution in [3.8, 4) is 17.2 Å². The van der Waals surface area contributed by atoms with E-state index in [0.29, 0.717) is 30.1 Å². The molecule has 1 atom stereocenters. The van der Waals surface area contributed by atoms with Gasteiger partial charge in [0.05, 0.1) is 7.11 Å². The molecule has 2 aromatic rings. The number of aryl methyl sites for hydroxylation is 1. The van der Waals surface area contributed by atoms with Crippen LogP contribution in [0.2, 0.25) is 0 Å². The average Bonchev–Trinajstić information content (AvgIpc) is 3.13. The summed E-state index contributed by atoms with van der Waals surface area (Å²) in [6.45, 7) is 2.86. The molecule has 0 radical (unpaired) electrons. The van der Waals surface area contributed by atoms with Gasteiger partial charge < -0.3 is 14.2 Å². The van der Waals surface area contributed by atoms with E-state index in [2.05, 4.69) is 4.90 Å². The summed E-state index contributed by atoms with van der Waals surface area (Å²) in [5.41, 5.74) is 3.80. The maximum Gasteiger partial charge on any atom is 0.231 e. The Bertz CT molecular complexity index is 927. The van der Waals surface area contributed by atoms with Gasteiger partial charge in [0.15, 0.2) is 11.5 Å². The van der Waals surface area contributed by atoms with Crippen molar-refractivity contribution in [1.82, 2.24) is 4.90 Å². The Morgan fingerprint density at radius 1 is 1.32 bits per heavy atom. The molecule has 0 N–H and O–H groups in total. The van der Waals surface area contributed by atoms with Crippen molar-refractivity contribution in [2.24, 2.45) is 0 Å².